The molecule has 1 N–H and O–H groups in total. The average molecular weight is 388 g/mol. The summed E-state index contributed by atoms with van der Waals surface area (Å²) >= 11 is 1.10. The molecular formula is C21H22F2N2OS. The van der Waals surface area contributed by atoms with Gasteiger partial charge in [0.2, 0.25) is 5.91 Å². The lowest BCUT2D eigenvalue weighted by Gasteiger charge is -2.31. The number of benzene rings is 2. The van der Waals surface area contributed by atoms with Crippen molar-refractivity contribution in [2.24, 2.45) is 0 Å². The molecule has 2 heterocycles. The minimum Gasteiger partial charge on any atom is -0.334 e. The van der Waals surface area contributed by atoms with Crippen molar-refractivity contribution < 1.29 is 13.6 Å². The van der Waals surface area contributed by atoms with Crippen LogP contribution >= 0.6 is 11.8 Å². The molecule has 2 aromatic carbocycles. The van der Waals surface area contributed by atoms with Gasteiger partial charge in [0, 0.05) is 23.5 Å². The summed E-state index contributed by atoms with van der Waals surface area (Å²) in [4.78, 5) is 15.7. The Morgan fingerprint density at radius 2 is 1.85 bits per heavy atom. The lowest BCUT2D eigenvalue weighted by Crippen LogP contribution is -2.44. The number of amides is 1. The molecule has 2 fully saturated rings. The molecule has 3 nitrogen and oxygen atoms in total. The Morgan fingerprint density at radius 3 is 2.67 bits per heavy atom. The third-order valence-electron chi connectivity index (χ3n) is 5.37. The highest BCUT2D eigenvalue weighted by Crippen LogP contribution is 2.41. The van der Waals surface area contributed by atoms with Gasteiger partial charge >= 0.3 is 0 Å². The monoisotopic (exact) mass is 388 g/mol. The molecule has 3 unspecified atom stereocenters. The zero-order valence-corrected chi connectivity index (χ0v) is 15.7. The lowest BCUT2D eigenvalue weighted by molar-refractivity contribution is -0.133. The largest absolute Gasteiger partial charge is 0.334 e. The van der Waals surface area contributed by atoms with Crippen LogP contribution < -0.4 is 5.32 Å². The van der Waals surface area contributed by atoms with Crippen molar-refractivity contribution in [2.75, 3.05) is 13.1 Å². The molecule has 4 rings (SSSR count). The number of fused-ring (bicyclic) bond motifs is 2. The molecule has 2 bridgehead atoms. The van der Waals surface area contributed by atoms with Crippen LogP contribution in [0.3, 0.4) is 0 Å². The summed E-state index contributed by atoms with van der Waals surface area (Å²) in [6.07, 6.45) is 2.94. The van der Waals surface area contributed by atoms with E-state index < -0.39 is 16.9 Å². The molecule has 2 aromatic rings. The molecule has 0 aromatic heterocycles. The second kappa shape index (κ2) is 7.98. The van der Waals surface area contributed by atoms with Gasteiger partial charge in [0.05, 0.1) is 0 Å². The van der Waals surface area contributed by atoms with Gasteiger partial charge in [-0.05, 0) is 49.6 Å². The third-order valence-corrected chi connectivity index (χ3v) is 6.65. The number of nitrogens with one attached hydrogen (secondary N) is 1. The smallest absolute Gasteiger partial charge is 0.241 e. The fraction of sp³-hybridized carbons (Fsp3) is 0.381. The summed E-state index contributed by atoms with van der Waals surface area (Å²) < 4.78 is 27.9. The van der Waals surface area contributed by atoms with E-state index in [2.05, 4.69) is 5.32 Å². The second-order valence-corrected chi connectivity index (χ2v) is 8.25. The van der Waals surface area contributed by atoms with E-state index in [-0.39, 0.29) is 22.9 Å². The van der Waals surface area contributed by atoms with E-state index in [1.54, 1.807) is 0 Å². The van der Waals surface area contributed by atoms with Crippen molar-refractivity contribution in [3.63, 3.8) is 0 Å². The molecule has 3 atom stereocenters. The zero-order valence-electron chi connectivity index (χ0n) is 14.9. The summed E-state index contributed by atoms with van der Waals surface area (Å²) in [5, 5.41) is 2.80. The highest BCUT2D eigenvalue weighted by molar-refractivity contribution is 8.00. The van der Waals surface area contributed by atoms with E-state index in [1.165, 1.54) is 6.07 Å². The van der Waals surface area contributed by atoms with Crippen LogP contribution in [0.4, 0.5) is 8.78 Å². The first-order valence-electron chi connectivity index (χ1n) is 9.33. The second-order valence-electron chi connectivity index (χ2n) is 7.11. The fourth-order valence-corrected chi connectivity index (χ4v) is 5.19. The molecular weight excluding hydrogens is 366 g/mol. The maximum absolute atomic E-state index is 14.3. The molecule has 2 saturated heterocycles. The fourth-order valence-electron chi connectivity index (χ4n) is 4.06. The first-order chi connectivity index (χ1) is 13.1. The van der Waals surface area contributed by atoms with Crippen molar-refractivity contribution in [1.82, 2.24) is 10.2 Å². The highest BCUT2D eigenvalue weighted by Gasteiger charge is 2.41. The predicted molar refractivity (Wildman–Crippen MR) is 103 cm³/mol. The van der Waals surface area contributed by atoms with E-state index >= 15 is 0 Å². The van der Waals surface area contributed by atoms with Gasteiger partial charge in [0.1, 0.15) is 16.9 Å². The Balaban J connectivity index is 1.68. The van der Waals surface area contributed by atoms with Crippen LogP contribution in [0.1, 0.15) is 30.1 Å². The molecule has 0 spiro atoms. The quantitative estimate of drug-likeness (QED) is 0.799. The Labute approximate surface area is 162 Å². The van der Waals surface area contributed by atoms with Gasteiger partial charge in [-0.1, -0.05) is 30.3 Å². The van der Waals surface area contributed by atoms with Gasteiger partial charge in [-0.3, -0.25) is 4.79 Å². The van der Waals surface area contributed by atoms with Crippen LogP contribution in [0.25, 0.3) is 0 Å². The summed E-state index contributed by atoms with van der Waals surface area (Å²) in [5.74, 6) is -1.01. The number of carbonyl (C=O) groups is 1. The molecule has 142 valence electrons. The number of rotatable bonds is 4. The lowest BCUT2D eigenvalue weighted by atomic mass is 10.1. The van der Waals surface area contributed by atoms with E-state index in [1.807, 2.05) is 35.2 Å². The highest BCUT2D eigenvalue weighted by atomic mass is 32.2. The predicted octanol–water partition coefficient (Wildman–Crippen LogP) is 4.15. The maximum atomic E-state index is 14.3. The summed E-state index contributed by atoms with van der Waals surface area (Å²) in [6, 6.07) is 13.2. The van der Waals surface area contributed by atoms with E-state index in [0.717, 1.165) is 61.8 Å². The Kier molecular flexibility index (Phi) is 5.45. The molecule has 27 heavy (non-hydrogen) atoms. The van der Waals surface area contributed by atoms with E-state index in [4.69, 9.17) is 0 Å². The molecule has 2 aliphatic rings. The van der Waals surface area contributed by atoms with Crippen LogP contribution in [0.5, 0.6) is 0 Å². The number of hydrogen-bond donors (Lipinski definition) is 1. The number of thioether (sulfide) groups is 1. The van der Waals surface area contributed by atoms with Gasteiger partial charge < -0.3 is 10.2 Å². The summed E-state index contributed by atoms with van der Waals surface area (Å²) in [6.45, 7) is 1.70. The van der Waals surface area contributed by atoms with Crippen molar-refractivity contribution >= 4 is 17.7 Å². The normalized spacial score (nSPS) is 23.1. The average Bonchev–Trinajstić information content (AvgIpc) is 2.95. The standard InChI is InChI=1S/C21H22F2N2OS/c22-15-6-9-18(23)19(12-15)27-20(14-4-2-1-3-5-14)21(26)25-16-7-8-17(25)13-24-11-10-16/h1-6,9,12,16-17,20,24H,7-8,10-11,13H2. The number of nitrogens with zero attached hydrogens (tertiary/aromatic N) is 1. The van der Waals surface area contributed by atoms with Gasteiger partial charge in [-0.2, -0.15) is 0 Å². The van der Waals surface area contributed by atoms with Gasteiger partial charge in [0.15, 0.2) is 0 Å². The van der Waals surface area contributed by atoms with Crippen LogP contribution in [0.15, 0.2) is 53.4 Å². The van der Waals surface area contributed by atoms with Gasteiger partial charge in [-0.15, -0.1) is 11.8 Å². The van der Waals surface area contributed by atoms with Gasteiger partial charge in [-0.25, -0.2) is 8.78 Å². The van der Waals surface area contributed by atoms with E-state index in [0.29, 0.717) is 0 Å². The SMILES string of the molecule is O=C(C(Sc1cc(F)ccc1F)c1ccccc1)N1C2CCNCC1CC2. The molecule has 1 amide bonds. The zero-order chi connectivity index (χ0) is 18.8. The third kappa shape index (κ3) is 3.87. The summed E-state index contributed by atoms with van der Waals surface area (Å²) in [5.41, 5.74) is 0.813. The maximum Gasteiger partial charge on any atom is 0.241 e. The van der Waals surface area contributed by atoms with Crippen LogP contribution in [0, 0.1) is 11.6 Å². The minimum absolute atomic E-state index is 0.00828. The molecule has 0 aliphatic carbocycles. The number of halogens is 2. The Morgan fingerprint density at radius 1 is 1.07 bits per heavy atom. The Hall–Kier alpha value is -1.92. The van der Waals surface area contributed by atoms with Crippen LogP contribution in [0.2, 0.25) is 0 Å². The molecule has 2 aliphatic heterocycles. The topological polar surface area (TPSA) is 32.3 Å². The first-order valence-corrected chi connectivity index (χ1v) is 10.2. The van der Waals surface area contributed by atoms with Crippen LogP contribution in [-0.2, 0) is 4.79 Å². The Bertz CT molecular complexity index is 803. The van der Waals surface area contributed by atoms with Crippen molar-refractivity contribution in [2.45, 2.75) is 41.5 Å². The van der Waals surface area contributed by atoms with Crippen LogP contribution in [-0.4, -0.2) is 36.0 Å². The number of hydrogen-bond acceptors (Lipinski definition) is 3. The first kappa shape index (κ1) is 18.4. The number of carbonyl (C=O) groups excluding carboxylic acids is 1. The minimum atomic E-state index is -0.594. The molecule has 0 saturated carbocycles. The van der Waals surface area contributed by atoms with Crippen molar-refractivity contribution in [1.29, 1.82) is 0 Å². The van der Waals surface area contributed by atoms with Gasteiger partial charge in [0.25, 0.3) is 0 Å². The molecule has 6 heteroatoms. The summed E-state index contributed by atoms with van der Waals surface area (Å²) in [7, 11) is 0. The van der Waals surface area contributed by atoms with Crippen molar-refractivity contribution in [3.05, 3.63) is 65.7 Å². The van der Waals surface area contributed by atoms with E-state index in [9.17, 15) is 13.6 Å². The van der Waals surface area contributed by atoms with Crippen molar-refractivity contribution in [3.8, 4) is 0 Å². The molecule has 0 radical (unpaired) electrons.